The minimum atomic E-state index is -1.33. The van der Waals surface area contributed by atoms with Crippen LogP contribution in [0, 0.1) is 0 Å². The summed E-state index contributed by atoms with van der Waals surface area (Å²) < 4.78 is 1.75. The van der Waals surface area contributed by atoms with Crippen molar-refractivity contribution in [3.8, 4) is 16.3 Å². The largest absolute Gasteiger partial charge is 0.476 e. The van der Waals surface area contributed by atoms with E-state index in [0.717, 1.165) is 21.8 Å². The molecule has 4 rings (SSSR count). The highest BCUT2D eigenvalue weighted by Crippen LogP contribution is 2.37. The summed E-state index contributed by atoms with van der Waals surface area (Å²) >= 11 is 19.7. The van der Waals surface area contributed by atoms with Crippen LogP contribution < -0.4 is 5.43 Å². The number of carboxylic acid groups (broad SMARTS) is 1. The van der Waals surface area contributed by atoms with Crippen molar-refractivity contribution in [2.75, 3.05) is 5.43 Å². The SMILES string of the molecule is O=C(O)c1nc(Cl)c(Cl)c(NN=Cc2cn(-c3ccccc3)nc2-c2cccs2)c1Cl. The number of nitrogens with one attached hydrogen (secondary N) is 1. The molecular formula is C20H12Cl3N5O2S. The number of halogens is 3. The van der Waals surface area contributed by atoms with Gasteiger partial charge in [0.05, 0.1) is 22.5 Å². The number of carbonyl (C=O) groups is 1. The zero-order valence-corrected chi connectivity index (χ0v) is 18.5. The maximum atomic E-state index is 11.3. The lowest BCUT2D eigenvalue weighted by Gasteiger charge is -2.09. The number of benzene rings is 1. The van der Waals surface area contributed by atoms with E-state index in [9.17, 15) is 9.90 Å². The monoisotopic (exact) mass is 491 g/mol. The molecule has 0 aliphatic heterocycles. The van der Waals surface area contributed by atoms with Gasteiger partial charge in [-0.15, -0.1) is 11.3 Å². The molecular weight excluding hydrogens is 481 g/mol. The Morgan fingerprint density at radius 3 is 2.58 bits per heavy atom. The van der Waals surface area contributed by atoms with Gasteiger partial charge in [-0.3, -0.25) is 5.43 Å². The number of aromatic carboxylic acids is 1. The maximum absolute atomic E-state index is 11.3. The number of hydrogen-bond donors (Lipinski definition) is 2. The van der Waals surface area contributed by atoms with Gasteiger partial charge in [-0.2, -0.15) is 10.2 Å². The van der Waals surface area contributed by atoms with E-state index >= 15 is 0 Å². The molecule has 3 heterocycles. The molecule has 0 radical (unpaired) electrons. The van der Waals surface area contributed by atoms with E-state index in [-0.39, 0.29) is 20.9 Å². The molecule has 0 aliphatic rings. The Kier molecular flexibility index (Phi) is 6.24. The highest BCUT2D eigenvalue weighted by Gasteiger charge is 2.21. The lowest BCUT2D eigenvalue weighted by atomic mass is 10.2. The van der Waals surface area contributed by atoms with Gasteiger partial charge in [-0.05, 0) is 23.6 Å². The molecule has 7 nitrogen and oxygen atoms in total. The smallest absolute Gasteiger partial charge is 0.356 e. The second-order valence-electron chi connectivity index (χ2n) is 6.12. The first-order chi connectivity index (χ1) is 15.0. The highest BCUT2D eigenvalue weighted by atomic mass is 35.5. The molecule has 3 aromatic heterocycles. The molecule has 0 atom stereocenters. The van der Waals surface area contributed by atoms with Crippen molar-refractivity contribution < 1.29 is 9.90 Å². The van der Waals surface area contributed by atoms with Crippen molar-refractivity contribution in [1.29, 1.82) is 0 Å². The molecule has 0 spiro atoms. The van der Waals surface area contributed by atoms with Crippen LogP contribution in [0.25, 0.3) is 16.3 Å². The van der Waals surface area contributed by atoms with Gasteiger partial charge in [0.15, 0.2) is 10.8 Å². The lowest BCUT2D eigenvalue weighted by Crippen LogP contribution is -2.05. The van der Waals surface area contributed by atoms with Gasteiger partial charge >= 0.3 is 5.97 Å². The van der Waals surface area contributed by atoms with Crippen LogP contribution in [0.3, 0.4) is 0 Å². The van der Waals surface area contributed by atoms with Crippen LogP contribution in [0.15, 0.2) is 59.1 Å². The number of carboxylic acids is 1. The normalized spacial score (nSPS) is 11.2. The molecule has 156 valence electrons. The Morgan fingerprint density at radius 1 is 1.13 bits per heavy atom. The Labute approximate surface area is 195 Å². The van der Waals surface area contributed by atoms with Crippen LogP contribution in [0.4, 0.5) is 5.69 Å². The number of nitrogens with zero attached hydrogens (tertiary/aromatic N) is 4. The Hall–Kier alpha value is -2.91. The summed E-state index contributed by atoms with van der Waals surface area (Å²) in [5.41, 5.74) is 4.65. The second kappa shape index (κ2) is 9.07. The standard InChI is InChI=1S/C20H12Cl3N5O2S/c21-14-17(15(22)19(23)25-18(14)20(29)30)26-24-9-11-10-28(12-5-2-1-3-6-12)27-16(11)13-7-4-8-31-13/h1-10H,(H,25,26)(H,29,30). The molecule has 0 amide bonds. The molecule has 0 fully saturated rings. The van der Waals surface area contributed by atoms with Gasteiger partial charge in [-0.25, -0.2) is 14.5 Å². The van der Waals surface area contributed by atoms with E-state index < -0.39 is 11.7 Å². The first kappa shape index (κ1) is 21.3. The summed E-state index contributed by atoms with van der Waals surface area (Å²) in [6.45, 7) is 0. The number of pyridine rings is 1. The van der Waals surface area contributed by atoms with Gasteiger partial charge in [0, 0.05) is 11.8 Å². The zero-order chi connectivity index (χ0) is 22.0. The molecule has 0 saturated heterocycles. The third kappa shape index (κ3) is 4.42. The number of thiophene rings is 1. The molecule has 0 saturated carbocycles. The van der Waals surface area contributed by atoms with Crippen LogP contribution in [0.1, 0.15) is 16.1 Å². The maximum Gasteiger partial charge on any atom is 0.356 e. The van der Waals surface area contributed by atoms with E-state index in [4.69, 9.17) is 34.8 Å². The Balaban J connectivity index is 1.70. The summed E-state index contributed by atoms with van der Waals surface area (Å²) in [5.74, 6) is -1.33. The van der Waals surface area contributed by atoms with Crippen LogP contribution >= 0.6 is 46.1 Å². The summed E-state index contributed by atoms with van der Waals surface area (Å²) in [6.07, 6.45) is 3.38. The van der Waals surface area contributed by atoms with Gasteiger partial charge in [0.1, 0.15) is 15.7 Å². The summed E-state index contributed by atoms with van der Waals surface area (Å²) in [7, 11) is 0. The number of hydrazone groups is 1. The van der Waals surface area contributed by atoms with Gasteiger partial charge in [-0.1, -0.05) is 59.1 Å². The number of hydrogen-bond acceptors (Lipinski definition) is 6. The van der Waals surface area contributed by atoms with Crippen molar-refractivity contribution in [2.45, 2.75) is 0 Å². The van der Waals surface area contributed by atoms with E-state index in [0.29, 0.717) is 0 Å². The van der Waals surface area contributed by atoms with Gasteiger partial charge < -0.3 is 5.11 Å². The van der Waals surface area contributed by atoms with Gasteiger partial charge in [0.25, 0.3) is 0 Å². The van der Waals surface area contributed by atoms with Crippen molar-refractivity contribution in [3.05, 3.63) is 80.5 Å². The van der Waals surface area contributed by atoms with Crippen molar-refractivity contribution in [2.24, 2.45) is 5.10 Å². The first-order valence-electron chi connectivity index (χ1n) is 8.71. The van der Waals surface area contributed by atoms with E-state index in [1.54, 1.807) is 22.2 Å². The van der Waals surface area contributed by atoms with E-state index in [2.05, 4.69) is 20.6 Å². The predicted molar refractivity (Wildman–Crippen MR) is 124 cm³/mol. The zero-order valence-electron chi connectivity index (χ0n) is 15.5. The van der Waals surface area contributed by atoms with Gasteiger partial charge in [0.2, 0.25) is 0 Å². The predicted octanol–water partition coefficient (Wildman–Crippen LogP) is 6.10. The Bertz CT molecular complexity index is 1270. The quantitative estimate of drug-likeness (QED) is 0.193. The minimum absolute atomic E-state index is 0.0349. The lowest BCUT2D eigenvalue weighted by molar-refractivity contribution is 0.0691. The molecule has 2 N–H and O–H groups in total. The topological polar surface area (TPSA) is 92.4 Å². The second-order valence-corrected chi connectivity index (χ2v) is 8.18. The minimum Gasteiger partial charge on any atom is -0.476 e. The molecule has 11 heteroatoms. The summed E-state index contributed by atoms with van der Waals surface area (Å²) in [5, 5.41) is 19.6. The third-order valence-corrected chi connectivity index (χ3v) is 6.12. The summed E-state index contributed by atoms with van der Waals surface area (Å²) in [4.78, 5) is 16.0. The first-order valence-corrected chi connectivity index (χ1v) is 10.7. The van der Waals surface area contributed by atoms with Crippen LogP contribution in [0.2, 0.25) is 15.2 Å². The van der Waals surface area contributed by atoms with Crippen LogP contribution in [-0.4, -0.2) is 32.1 Å². The average Bonchev–Trinajstić information content (AvgIpc) is 3.43. The van der Waals surface area contributed by atoms with Crippen molar-refractivity contribution in [3.63, 3.8) is 0 Å². The van der Waals surface area contributed by atoms with Crippen molar-refractivity contribution in [1.82, 2.24) is 14.8 Å². The van der Waals surface area contributed by atoms with E-state index in [1.807, 2.05) is 54.0 Å². The van der Waals surface area contributed by atoms with Crippen LogP contribution in [0.5, 0.6) is 0 Å². The number of para-hydroxylation sites is 1. The fraction of sp³-hybridized carbons (Fsp3) is 0. The fourth-order valence-corrected chi connectivity index (χ4v) is 4.12. The van der Waals surface area contributed by atoms with Crippen molar-refractivity contribution >= 4 is 64.0 Å². The fourth-order valence-electron chi connectivity index (χ4n) is 2.72. The third-order valence-electron chi connectivity index (χ3n) is 4.14. The molecule has 0 aliphatic carbocycles. The molecule has 0 unspecified atom stereocenters. The number of aromatic nitrogens is 3. The summed E-state index contributed by atoms with van der Waals surface area (Å²) in [6, 6.07) is 13.6. The van der Waals surface area contributed by atoms with E-state index in [1.165, 1.54) is 0 Å². The average molecular weight is 493 g/mol. The number of rotatable bonds is 6. The molecule has 0 bridgehead atoms. The molecule has 31 heavy (non-hydrogen) atoms. The highest BCUT2D eigenvalue weighted by molar-refractivity contribution is 7.13. The molecule has 1 aromatic carbocycles. The Morgan fingerprint density at radius 2 is 1.90 bits per heavy atom. The number of anilines is 1. The van der Waals surface area contributed by atoms with Crippen LogP contribution in [-0.2, 0) is 0 Å². The molecule has 4 aromatic rings.